The van der Waals surface area contributed by atoms with Gasteiger partial charge in [0.2, 0.25) is 10.0 Å². The normalized spacial score (nSPS) is 17.3. The second-order valence-corrected chi connectivity index (χ2v) is 7.20. The van der Waals surface area contributed by atoms with E-state index in [1.165, 1.54) is 12.1 Å². The highest BCUT2D eigenvalue weighted by molar-refractivity contribution is 9.10. The van der Waals surface area contributed by atoms with Crippen LogP contribution >= 0.6 is 15.9 Å². The van der Waals surface area contributed by atoms with E-state index >= 15 is 0 Å². The summed E-state index contributed by atoms with van der Waals surface area (Å²) >= 11 is 3.10. The topological polar surface area (TPSA) is 55.4 Å². The molecule has 0 saturated carbocycles. The first-order valence-corrected chi connectivity index (χ1v) is 8.44. The highest BCUT2D eigenvalue weighted by Crippen LogP contribution is 2.33. The Morgan fingerprint density at radius 3 is 2.76 bits per heavy atom. The number of hydrogen-bond acceptors (Lipinski definition) is 3. The zero-order valence-corrected chi connectivity index (χ0v) is 13.1. The van der Waals surface area contributed by atoms with E-state index in [-0.39, 0.29) is 11.5 Å². The van der Waals surface area contributed by atoms with Gasteiger partial charge < -0.3 is 4.74 Å². The molecule has 0 aromatic heterocycles. The maximum absolute atomic E-state index is 13.8. The molecule has 3 rings (SSSR count). The van der Waals surface area contributed by atoms with Crippen molar-refractivity contribution in [3.05, 3.63) is 58.3 Å². The third kappa shape index (κ3) is 2.81. The molecule has 0 amide bonds. The van der Waals surface area contributed by atoms with Crippen LogP contribution in [-0.4, -0.2) is 15.0 Å². The van der Waals surface area contributed by atoms with Crippen molar-refractivity contribution in [3.8, 4) is 5.75 Å². The fourth-order valence-electron chi connectivity index (χ4n) is 2.20. The van der Waals surface area contributed by atoms with Gasteiger partial charge in [-0.15, -0.1) is 0 Å². The van der Waals surface area contributed by atoms with Crippen LogP contribution in [0.25, 0.3) is 0 Å². The number of halogens is 2. The van der Waals surface area contributed by atoms with Crippen LogP contribution in [0.1, 0.15) is 11.6 Å². The third-order valence-electron chi connectivity index (χ3n) is 3.18. The molecule has 0 saturated heterocycles. The smallest absolute Gasteiger partial charge is 0.244 e. The van der Waals surface area contributed by atoms with Gasteiger partial charge in [-0.1, -0.05) is 34.1 Å². The maximum Gasteiger partial charge on any atom is 0.244 e. The van der Waals surface area contributed by atoms with E-state index in [1.54, 1.807) is 18.2 Å². The average molecular weight is 372 g/mol. The fourth-order valence-corrected chi connectivity index (χ4v) is 3.80. The summed E-state index contributed by atoms with van der Waals surface area (Å²) in [6.45, 7) is 0.191. The van der Waals surface area contributed by atoms with Gasteiger partial charge in [0, 0.05) is 10.0 Å². The number of benzene rings is 2. The lowest BCUT2D eigenvalue weighted by atomic mass is 10.1. The molecule has 1 heterocycles. The third-order valence-corrected chi connectivity index (χ3v) is 5.18. The summed E-state index contributed by atoms with van der Waals surface area (Å²) in [7, 11) is -3.96. The lowest BCUT2D eigenvalue weighted by Gasteiger charge is -2.13. The summed E-state index contributed by atoms with van der Waals surface area (Å²) in [4.78, 5) is -0.380. The molecule has 1 aliphatic heterocycles. The van der Waals surface area contributed by atoms with Gasteiger partial charge in [0.15, 0.2) is 0 Å². The number of sulfonamides is 1. The van der Waals surface area contributed by atoms with E-state index in [4.69, 9.17) is 4.74 Å². The number of nitrogens with one attached hydrogen (secondary N) is 1. The van der Waals surface area contributed by atoms with Gasteiger partial charge in [0.25, 0.3) is 0 Å². The molecule has 1 unspecified atom stereocenters. The first-order chi connectivity index (χ1) is 9.97. The Balaban J connectivity index is 1.91. The molecule has 4 nitrogen and oxygen atoms in total. The molecule has 7 heteroatoms. The van der Waals surface area contributed by atoms with Crippen LogP contribution in [0.3, 0.4) is 0 Å². The summed E-state index contributed by atoms with van der Waals surface area (Å²) < 4.78 is 46.8. The van der Waals surface area contributed by atoms with Crippen molar-refractivity contribution < 1.29 is 17.5 Å². The molecule has 0 spiro atoms. The minimum atomic E-state index is -3.96. The highest BCUT2D eigenvalue weighted by atomic mass is 79.9. The van der Waals surface area contributed by atoms with E-state index in [2.05, 4.69) is 20.7 Å². The van der Waals surface area contributed by atoms with E-state index < -0.39 is 21.9 Å². The van der Waals surface area contributed by atoms with Gasteiger partial charge in [-0.2, -0.15) is 4.72 Å². The Labute approximate surface area is 130 Å². The van der Waals surface area contributed by atoms with Crippen molar-refractivity contribution in [1.29, 1.82) is 0 Å². The van der Waals surface area contributed by atoms with Gasteiger partial charge in [0.05, 0.1) is 6.04 Å². The molecular weight excluding hydrogens is 361 g/mol. The van der Waals surface area contributed by atoms with Gasteiger partial charge in [-0.05, 0) is 24.3 Å². The number of hydrogen-bond donors (Lipinski definition) is 1. The lowest BCUT2D eigenvalue weighted by molar-refractivity contribution is 0.325. The number of para-hydroxylation sites is 1. The first kappa shape index (κ1) is 14.5. The zero-order chi connectivity index (χ0) is 15.0. The van der Waals surface area contributed by atoms with Crippen LogP contribution in [0.15, 0.2) is 51.8 Å². The molecule has 2 aromatic rings. The molecule has 0 fully saturated rings. The van der Waals surface area contributed by atoms with Crippen LogP contribution in [0.5, 0.6) is 5.75 Å². The Kier molecular flexibility index (Phi) is 3.73. The molecule has 0 bridgehead atoms. The largest absolute Gasteiger partial charge is 0.491 e. The molecule has 110 valence electrons. The van der Waals surface area contributed by atoms with Crippen LogP contribution in [0.4, 0.5) is 4.39 Å². The van der Waals surface area contributed by atoms with Crippen LogP contribution in [0.2, 0.25) is 0 Å². The second kappa shape index (κ2) is 5.40. The summed E-state index contributed by atoms with van der Waals surface area (Å²) in [5, 5.41) is 0. The minimum absolute atomic E-state index is 0.191. The van der Waals surface area contributed by atoms with Crippen molar-refractivity contribution in [2.24, 2.45) is 0 Å². The predicted octanol–water partition coefficient (Wildman–Crippen LogP) is 3.00. The van der Waals surface area contributed by atoms with Gasteiger partial charge in [-0.3, -0.25) is 0 Å². The standard InChI is InChI=1S/C14H11BrFNO3S/c15-9-5-6-14(11(16)7-9)21(18,19)17-12-8-20-13-4-2-1-3-10(12)13/h1-7,12,17H,8H2. The predicted molar refractivity (Wildman–Crippen MR) is 79.1 cm³/mol. The molecule has 1 N–H and O–H groups in total. The Morgan fingerprint density at radius 1 is 1.24 bits per heavy atom. The highest BCUT2D eigenvalue weighted by Gasteiger charge is 2.29. The molecule has 0 radical (unpaired) electrons. The second-order valence-electron chi connectivity index (χ2n) is 4.60. The van der Waals surface area contributed by atoms with E-state index in [0.717, 1.165) is 11.6 Å². The Bertz CT molecular complexity index is 795. The quantitative estimate of drug-likeness (QED) is 0.901. The van der Waals surface area contributed by atoms with Crippen molar-refractivity contribution >= 4 is 26.0 Å². The van der Waals surface area contributed by atoms with Crippen LogP contribution < -0.4 is 9.46 Å². The molecule has 21 heavy (non-hydrogen) atoms. The molecular formula is C14H11BrFNO3S. The minimum Gasteiger partial charge on any atom is -0.491 e. The van der Waals surface area contributed by atoms with Crippen LogP contribution in [0, 0.1) is 5.82 Å². The van der Waals surface area contributed by atoms with Crippen molar-refractivity contribution in [3.63, 3.8) is 0 Å². The van der Waals surface area contributed by atoms with Crippen LogP contribution in [-0.2, 0) is 10.0 Å². The molecule has 1 aliphatic rings. The van der Waals surface area contributed by atoms with Crippen molar-refractivity contribution in [1.82, 2.24) is 4.72 Å². The summed E-state index contributed by atoms with van der Waals surface area (Å²) in [5.41, 5.74) is 0.749. The number of ether oxygens (including phenoxy) is 1. The molecule has 0 aliphatic carbocycles. The number of fused-ring (bicyclic) bond motifs is 1. The van der Waals surface area contributed by atoms with Crippen molar-refractivity contribution in [2.45, 2.75) is 10.9 Å². The summed E-state index contributed by atoms with van der Waals surface area (Å²) in [6.07, 6.45) is 0. The Hall–Kier alpha value is -1.44. The van der Waals surface area contributed by atoms with Crippen molar-refractivity contribution in [2.75, 3.05) is 6.61 Å². The first-order valence-electron chi connectivity index (χ1n) is 6.16. The zero-order valence-electron chi connectivity index (χ0n) is 10.7. The summed E-state index contributed by atoms with van der Waals surface area (Å²) in [6, 6.07) is 10.5. The lowest BCUT2D eigenvalue weighted by Crippen LogP contribution is -2.30. The number of rotatable bonds is 3. The van der Waals surface area contributed by atoms with Gasteiger partial charge in [0.1, 0.15) is 23.1 Å². The average Bonchev–Trinajstić information content (AvgIpc) is 2.81. The van der Waals surface area contributed by atoms with E-state index in [9.17, 15) is 12.8 Å². The summed E-state index contributed by atoms with van der Waals surface area (Å²) in [5.74, 6) is -0.162. The van der Waals surface area contributed by atoms with E-state index in [0.29, 0.717) is 10.2 Å². The maximum atomic E-state index is 13.8. The fraction of sp³-hybridized carbons (Fsp3) is 0.143. The van der Waals surface area contributed by atoms with Gasteiger partial charge >= 0.3 is 0 Å². The van der Waals surface area contributed by atoms with Gasteiger partial charge in [-0.25, -0.2) is 12.8 Å². The van der Waals surface area contributed by atoms with E-state index in [1.807, 2.05) is 6.07 Å². The Morgan fingerprint density at radius 2 is 2.00 bits per heavy atom. The molecule has 2 aromatic carbocycles. The SMILES string of the molecule is O=S(=O)(NC1COc2ccccc21)c1ccc(Br)cc1F. The monoisotopic (exact) mass is 371 g/mol. The molecule has 1 atom stereocenters.